The number of nitrogens with zero attached hydrogens (tertiary/aromatic N) is 3. The van der Waals surface area contributed by atoms with E-state index in [-0.39, 0.29) is 5.92 Å². The summed E-state index contributed by atoms with van der Waals surface area (Å²) in [6, 6.07) is 0. The second kappa shape index (κ2) is 6.69. The predicted molar refractivity (Wildman–Crippen MR) is 80.0 cm³/mol. The fraction of sp³-hybridized carbons (Fsp3) is 0.769. The molecule has 0 unspecified atom stereocenters. The van der Waals surface area contributed by atoms with E-state index >= 15 is 0 Å². The van der Waals surface area contributed by atoms with Crippen molar-refractivity contribution in [3.05, 3.63) is 11.4 Å². The maximum atomic E-state index is 12.8. The number of aryl methyl sites for hydroxylation is 1. The molecule has 0 aromatic carbocycles. The topological polar surface area (TPSA) is 81.2 Å². The number of hydrogen-bond acceptors (Lipinski definition) is 4. The molecule has 1 rings (SSSR count). The molecule has 7 heteroatoms. The average Bonchev–Trinajstić information content (AvgIpc) is 2.62. The van der Waals surface area contributed by atoms with E-state index in [1.807, 2.05) is 20.8 Å². The van der Waals surface area contributed by atoms with Crippen molar-refractivity contribution in [2.24, 2.45) is 11.7 Å². The summed E-state index contributed by atoms with van der Waals surface area (Å²) in [7, 11) is -3.50. The van der Waals surface area contributed by atoms with Gasteiger partial charge in [0.25, 0.3) is 0 Å². The van der Waals surface area contributed by atoms with Crippen molar-refractivity contribution in [3.8, 4) is 0 Å². The van der Waals surface area contributed by atoms with Crippen LogP contribution in [-0.2, 0) is 16.6 Å². The van der Waals surface area contributed by atoms with E-state index in [0.717, 1.165) is 0 Å². The minimum atomic E-state index is -3.50. The Labute approximate surface area is 122 Å². The number of rotatable bonds is 7. The Hall–Kier alpha value is -0.920. The molecule has 0 aliphatic carbocycles. The first-order valence-corrected chi connectivity index (χ1v) is 8.43. The molecule has 0 saturated heterocycles. The minimum Gasteiger partial charge on any atom is -0.329 e. The highest BCUT2D eigenvalue weighted by Crippen LogP contribution is 2.24. The van der Waals surface area contributed by atoms with Gasteiger partial charge in [-0.25, -0.2) is 8.42 Å². The van der Waals surface area contributed by atoms with E-state index < -0.39 is 10.0 Å². The summed E-state index contributed by atoms with van der Waals surface area (Å²) >= 11 is 0. The van der Waals surface area contributed by atoms with Gasteiger partial charge >= 0.3 is 0 Å². The van der Waals surface area contributed by atoms with Crippen LogP contribution in [0.5, 0.6) is 0 Å². The Morgan fingerprint density at radius 1 is 1.35 bits per heavy atom. The van der Waals surface area contributed by atoms with Crippen molar-refractivity contribution in [2.75, 3.05) is 19.6 Å². The Morgan fingerprint density at radius 2 is 1.95 bits per heavy atom. The molecular weight excluding hydrogens is 276 g/mol. The van der Waals surface area contributed by atoms with Gasteiger partial charge < -0.3 is 5.73 Å². The molecule has 1 aromatic rings. The van der Waals surface area contributed by atoms with Gasteiger partial charge in [0, 0.05) is 19.6 Å². The lowest BCUT2D eigenvalue weighted by atomic mass is 10.2. The molecule has 0 saturated carbocycles. The SMILES string of the molecule is CCN(CC(C)C)S(=O)(=O)c1c(C)nn(CCN)c1C. The average molecular weight is 302 g/mol. The molecule has 0 aliphatic heterocycles. The van der Waals surface area contributed by atoms with Crippen LogP contribution in [0.4, 0.5) is 0 Å². The van der Waals surface area contributed by atoms with E-state index in [9.17, 15) is 8.42 Å². The lowest BCUT2D eigenvalue weighted by molar-refractivity contribution is 0.380. The number of aromatic nitrogens is 2. The van der Waals surface area contributed by atoms with Gasteiger partial charge in [0.2, 0.25) is 10.0 Å². The summed E-state index contributed by atoms with van der Waals surface area (Å²) < 4.78 is 28.8. The Morgan fingerprint density at radius 3 is 2.40 bits per heavy atom. The molecule has 2 N–H and O–H groups in total. The van der Waals surface area contributed by atoms with Gasteiger partial charge in [0.1, 0.15) is 4.90 Å². The molecule has 116 valence electrons. The molecule has 0 amide bonds. The molecule has 0 spiro atoms. The third kappa shape index (κ3) is 3.39. The van der Waals surface area contributed by atoms with E-state index in [2.05, 4.69) is 5.10 Å². The van der Waals surface area contributed by atoms with Crippen LogP contribution in [0.1, 0.15) is 32.2 Å². The van der Waals surface area contributed by atoms with Crippen molar-refractivity contribution in [3.63, 3.8) is 0 Å². The van der Waals surface area contributed by atoms with Crippen LogP contribution in [0.15, 0.2) is 4.90 Å². The van der Waals surface area contributed by atoms with Gasteiger partial charge in [-0.3, -0.25) is 4.68 Å². The normalized spacial score (nSPS) is 12.6. The van der Waals surface area contributed by atoms with Gasteiger partial charge in [0.05, 0.1) is 17.9 Å². The first-order valence-electron chi connectivity index (χ1n) is 6.99. The van der Waals surface area contributed by atoms with Crippen molar-refractivity contribution in [2.45, 2.75) is 46.1 Å². The summed E-state index contributed by atoms with van der Waals surface area (Å²) in [6.45, 7) is 11.3. The summed E-state index contributed by atoms with van der Waals surface area (Å²) in [6.07, 6.45) is 0. The first-order chi connectivity index (χ1) is 9.25. The minimum absolute atomic E-state index is 0.282. The standard InChI is InChI=1S/C13H26N4O2S/c1-6-16(9-10(2)3)20(18,19)13-11(4)15-17(8-7-14)12(13)5/h10H,6-9,14H2,1-5H3. The number of sulfonamides is 1. The van der Waals surface area contributed by atoms with Crippen LogP contribution in [0, 0.1) is 19.8 Å². The van der Waals surface area contributed by atoms with Crippen molar-refractivity contribution in [1.29, 1.82) is 0 Å². The van der Waals surface area contributed by atoms with E-state index in [1.165, 1.54) is 4.31 Å². The van der Waals surface area contributed by atoms with Crippen LogP contribution < -0.4 is 5.73 Å². The first kappa shape index (κ1) is 17.1. The molecule has 0 bridgehead atoms. The van der Waals surface area contributed by atoms with Gasteiger partial charge in [-0.15, -0.1) is 0 Å². The van der Waals surface area contributed by atoms with Crippen LogP contribution >= 0.6 is 0 Å². The third-order valence-corrected chi connectivity index (χ3v) is 5.37. The zero-order chi connectivity index (χ0) is 15.5. The quantitative estimate of drug-likeness (QED) is 0.818. The Kier molecular flexibility index (Phi) is 5.73. The third-order valence-electron chi connectivity index (χ3n) is 3.18. The van der Waals surface area contributed by atoms with Crippen LogP contribution in [0.25, 0.3) is 0 Å². The number of nitrogens with two attached hydrogens (primary N) is 1. The van der Waals surface area contributed by atoms with Crippen LogP contribution in [0.2, 0.25) is 0 Å². The molecule has 0 radical (unpaired) electrons. The molecule has 1 heterocycles. The summed E-state index contributed by atoms with van der Waals surface area (Å²) in [4.78, 5) is 0.327. The molecule has 0 aliphatic rings. The van der Waals surface area contributed by atoms with Gasteiger partial charge in [-0.2, -0.15) is 9.40 Å². The summed E-state index contributed by atoms with van der Waals surface area (Å²) in [5.41, 5.74) is 6.73. The van der Waals surface area contributed by atoms with Crippen molar-refractivity contribution < 1.29 is 8.42 Å². The van der Waals surface area contributed by atoms with Crippen molar-refractivity contribution in [1.82, 2.24) is 14.1 Å². The highest BCUT2D eigenvalue weighted by molar-refractivity contribution is 7.89. The molecule has 0 fully saturated rings. The second-order valence-electron chi connectivity index (χ2n) is 5.36. The van der Waals surface area contributed by atoms with Gasteiger partial charge in [0.15, 0.2) is 0 Å². The van der Waals surface area contributed by atoms with E-state index in [1.54, 1.807) is 18.5 Å². The zero-order valence-corrected chi connectivity index (χ0v) is 13.9. The summed E-state index contributed by atoms with van der Waals surface area (Å²) in [5.74, 6) is 0.282. The number of hydrogen-bond donors (Lipinski definition) is 1. The van der Waals surface area contributed by atoms with Gasteiger partial charge in [-0.05, 0) is 19.8 Å². The fourth-order valence-electron chi connectivity index (χ4n) is 2.33. The highest BCUT2D eigenvalue weighted by atomic mass is 32.2. The van der Waals surface area contributed by atoms with Crippen molar-refractivity contribution >= 4 is 10.0 Å². The highest BCUT2D eigenvalue weighted by Gasteiger charge is 2.30. The van der Waals surface area contributed by atoms with E-state index in [4.69, 9.17) is 5.73 Å². The predicted octanol–water partition coefficient (Wildman–Crippen LogP) is 1.13. The summed E-state index contributed by atoms with van der Waals surface area (Å²) in [5, 5.41) is 4.29. The monoisotopic (exact) mass is 302 g/mol. The lowest BCUT2D eigenvalue weighted by Gasteiger charge is -2.22. The largest absolute Gasteiger partial charge is 0.329 e. The molecule has 6 nitrogen and oxygen atoms in total. The molecular formula is C13H26N4O2S. The maximum Gasteiger partial charge on any atom is 0.246 e. The smallest absolute Gasteiger partial charge is 0.246 e. The zero-order valence-electron chi connectivity index (χ0n) is 13.0. The Balaban J connectivity index is 3.27. The van der Waals surface area contributed by atoms with Crippen LogP contribution in [-0.4, -0.2) is 42.1 Å². The fourth-order valence-corrected chi connectivity index (χ4v) is 4.31. The second-order valence-corrected chi connectivity index (χ2v) is 7.24. The van der Waals surface area contributed by atoms with Crippen LogP contribution in [0.3, 0.4) is 0 Å². The molecule has 1 aromatic heterocycles. The molecule has 20 heavy (non-hydrogen) atoms. The Bertz CT molecular complexity index is 549. The van der Waals surface area contributed by atoms with Gasteiger partial charge in [-0.1, -0.05) is 20.8 Å². The molecule has 0 atom stereocenters. The van der Waals surface area contributed by atoms with E-state index in [0.29, 0.717) is 42.5 Å². The lowest BCUT2D eigenvalue weighted by Crippen LogP contribution is -2.34. The maximum absolute atomic E-state index is 12.8.